The molecule has 374 valence electrons. The minimum atomic E-state index is -1.44. The quantitative estimate of drug-likeness (QED) is 0.0349. The van der Waals surface area contributed by atoms with Crippen LogP contribution in [0.4, 0.5) is 0 Å². The first kappa shape index (κ1) is 59.2. The summed E-state index contributed by atoms with van der Waals surface area (Å²) >= 11 is 0. The zero-order chi connectivity index (χ0) is 47.0. The van der Waals surface area contributed by atoms with Gasteiger partial charge in [-0.1, -0.05) is 194 Å². The standard InChI is InChI=1S/C51H92O13/c1-6-8-10-12-14-16-18-20-22-24-26-28-30-32-34-36-46(56)58-39-44(63-47(57)37-35-33-31-29-27-25-23-21-19-17-15-13-11-9-7-2)40-59-51-50(62-43(5)55)49(61-42(4)54)48(60-41(3)53)45(38-52)64-51/h44-45,48-52H,6-40H2,1-5H3/t44?,45-,48-,49+,50-,51+/m1/s1. The molecular weight excluding hydrogens is 821 g/mol. The van der Waals surface area contributed by atoms with Crippen LogP contribution >= 0.6 is 0 Å². The summed E-state index contributed by atoms with van der Waals surface area (Å²) in [5, 5.41) is 10.1. The molecule has 1 N–H and O–H groups in total. The molecule has 0 aromatic carbocycles. The topological polar surface area (TPSA) is 170 Å². The second-order valence-corrected chi connectivity index (χ2v) is 18.0. The van der Waals surface area contributed by atoms with Crippen molar-refractivity contribution in [2.24, 2.45) is 0 Å². The number of rotatable bonds is 42. The number of unbranched alkanes of at least 4 members (excludes halogenated alkanes) is 28. The zero-order valence-corrected chi connectivity index (χ0v) is 41.1. The molecule has 0 aromatic rings. The van der Waals surface area contributed by atoms with Crippen molar-refractivity contribution < 1.29 is 62.2 Å². The highest BCUT2D eigenvalue weighted by Gasteiger charge is 2.52. The number of hydrogen-bond acceptors (Lipinski definition) is 13. The van der Waals surface area contributed by atoms with Gasteiger partial charge in [0, 0.05) is 33.6 Å². The van der Waals surface area contributed by atoms with Gasteiger partial charge >= 0.3 is 29.8 Å². The van der Waals surface area contributed by atoms with Crippen LogP contribution in [-0.4, -0.2) is 91.6 Å². The van der Waals surface area contributed by atoms with Crippen molar-refractivity contribution in [1.82, 2.24) is 0 Å². The molecule has 0 spiro atoms. The molecule has 1 fully saturated rings. The van der Waals surface area contributed by atoms with E-state index in [0.717, 1.165) is 59.3 Å². The Morgan fingerprint density at radius 1 is 0.453 bits per heavy atom. The van der Waals surface area contributed by atoms with Crippen LogP contribution in [0.15, 0.2) is 0 Å². The largest absolute Gasteiger partial charge is 0.462 e. The van der Waals surface area contributed by atoms with Crippen LogP contribution in [0, 0.1) is 0 Å². The Kier molecular flexibility index (Phi) is 37.5. The van der Waals surface area contributed by atoms with Crippen molar-refractivity contribution in [2.45, 2.75) is 277 Å². The molecule has 1 rings (SSSR count). The highest BCUT2D eigenvalue weighted by atomic mass is 16.7. The van der Waals surface area contributed by atoms with E-state index in [9.17, 15) is 29.1 Å². The number of ether oxygens (including phenoxy) is 7. The number of hydrogen-bond donors (Lipinski definition) is 1. The lowest BCUT2D eigenvalue weighted by atomic mass is 9.98. The summed E-state index contributed by atoms with van der Waals surface area (Å²) in [6.45, 7) is 6.64. The van der Waals surface area contributed by atoms with Crippen molar-refractivity contribution in [2.75, 3.05) is 19.8 Å². The lowest BCUT2D eigenvalue weighted by Gasteiger charge is -2.44. The van der Waals surface area contributed by atoms with Crippen LogP contribution in [0.1, 0.15) is 240 Å². The van der Waals surface area contributed by atoms with Crippen LogP contribution in [0.2, 0.25) is 0 Å². The third kappa shape index (κ3) is 32.0. The van der Waals surface area contributed by atoms with Crippen molar-refractivity contribution >= 4 is 29.8 Å². The minimum Gasteiger partial charge on any atom is -0.462 e. The Hall–Kier alpha value is -2.77. The molecule has 1 heterocycles. The highest BCUT2D eigenvalue weighted by Crippen LogP contribution is 2.30. The maximum absolute atomic E-state index is 13.1. The van der Waals surface area contributed by atoms with E-state index >= 15 is 0 Å². The SMILES string of the molecule is CCCCCCCCCCCCCCCCCC(=O)OCC(CO[C@H]1O[C@H](CO)[C@@H](OC(C)=O)[C@H](OC(C)=O)[C@H]1OC(C)=O)OC(=O)CCCCCCCCCCCCCCCCC. The molecule has 0 aromatic heterocycles. The highest BCUT2D eigenvalue weighted by molar-refractivity contribution is 5.70. The summed E-state index contributed by atoms with van der Waals surface area (Å²) in [7, 11) is 0. The monoisotopic (exact) mass is 913 g/mol. The summed E-state index contributed by atoms with van der Waals surface area (Å²) in [5.74, 6) is -3.14. The van der Waals surface area contributed by atoms with E-state index in [1.165, 1.54) is 141 Å². The number of carbonyl (C=O) groups excluding carboxylic acids is 5. The van der Waals surface area contributed by atoms with Gasteiger partial charge in [-0.15, -0.1) is 0 Å². The first-order valence-corrected chi connectivity index (χ1v) is 25.8. The van der Waals surface area contributed by atoms with Crippen LogP contribution in [0.5, 0.6) is 0 Å². The van der Waals surface area contributed by atoms with E-state index in [1.54, 1.807) is 0 Å². The minimum absolute atomic E-state index is 0.184. The lowest BCUT2D eigenvalue weighted by molar-refractivity contribution is -0.311. The maximum atomic E-state index is 13.1. The van der Waals surface area contributed by atoms with Gasteiger partial charge in [-0.3, -0.25) is 24.0 Å². The number of aliphatic hydroxyl groups is 1. The fourth-order valence-corrected chi connectivity index (χ4v) is 8.24. The normalized spacial score (nSPS) is 18.9. The van der Waals surface area contributed by atoms with E-state index in [0.29, 0.717) is 12.8 Å². The molecule has 0 aliphatic carbocycles. The average molecular weight is 913 g/mol. The Morgan fingerprint density at radius 2 is 0.797 bits per heavy atom. The third-order valence-electron chi connectivity index (χ3n) is 11.8. The van der Waals surface area contributed by atoms with Crippen molar-refractivity contribution in [3.05, 3.63) is 0 Å². The molecule has 1 unspecified atom stereocenters. The van der Waals surface area contributed by atoms with Crippen LogP contribution in [-0.2, 0) is 57.1 Å². The molecule has 0 amide bonds. The van der Waals surface area contributed by atoms with Gasteiger partial charge in [-0.2, -0.15) is 0 Å². The van der Waals surface area contributed by atoms with Crippen LogP contribution < -0.4 is 0 Å². The molecule has 64 heavy (non-hydrogen) atoms. The summed E-state index contributed by atoms with van der Waals surface area (Å²) in [4.78, 5) is 62.2. The van der Waals surface area contributed by atoms with Crippen molar-refractivity contribution in [1.29, 1.82) is 0 Å². The second-order valence-electron chi connectivity index (χ2n) is 18.0. The van der Waals surface area contributed by atoms with Gasteiger partial charge in [0.25, 0.3) is 0 Å². The first-order chi connectivity index (χ1) is 31.0. The summed E-state index contributed by atoms with van der Waals surface area (Å²) in [6.07, 6.45) is 29.0. The third-order valence-corrected chi connectivity index (χ3v) is 11.8. The first-order valence-electron chi connectivity index (χ1n) is 25.8. The Morgan fingerprint density at radius 3 is 1.17 bits per heavy atom. The van der Waals surface area contributed by atoms with E-state index in [4.69, 9.17) is 33.2 Å². The van der Waals surface area contributed by atoms with E-state index in [-0.39, 0.29) is 26.1 Å². The second kappa shape index (κ2) is 40.5. The summed E-state index contributed by atoms with van der Waals surface area (Å²) < 4.78 is 39.5. The molecular formula is C51H92O13. The predicted molar refractivity (Wildman–Crippen MR) is 248 cm³/mol. The molecule has 1 saturated heterocycles. The number of esters is 5. The fraction of sp³-hybridized carbons (Fsp3) is 0.902. The Bertz CT molecular complexity index is 1200. The molecule has 13 heteroatoms. The summed E-state index contributed by atoms with van der Waals surface area (Å²) in [5.41, 5.74) is 0. The molecule has 1 aliphatic rings. The zero-order valence-electron chi connectivity index (χ0n) is 41.1. The van der Waals surface area contributed by atoms with Gasteiger partial charge in [0.15, 0.2) is 30.7 Å². The molecule has 6 atom stereocenters. The predicted octanol–water partition coefficient (Wildman–Crippen LogP) is 11.5. The fourth-order valence-electron chi connectivity index (χ4n) is 8.24. The molecule has 0 saturated carbocycles. The van der Waals surface area contributed by atoms with Crippen molar-refractivity contribution in [3.8, 4) is 0 Å². The molecule has 13 nitrogen and oxygen atoms in total. The van der Waals surface area contributed by atoms with Crippen LogP contribution in [0.3, 0.4) is 0 Å². The lowest BCUT2D eigenvalue weighted by Crippen LogP contribution is -2.63. The van der Waals surface area contributed by atoms with Gasteiger partial charge in [0.2, 0.25) is 0 Å². The number of carbonyl (C=O) groups is 5. The average Bonchev–Trinajstić information content (AvgIpc) is 3.25. The number of aliphatic hydroxyl groups excluding tert-OH is 1. The Labute approximate surface area is 387 Å². The smallest absolute Gasteiger partial charge is 0.306 e. The van der Waals surface area contributed by atoms with E-state index in [1.807, 2.05) is 0 Å². The van der Waals surface area contributed by atoms with Crippen LogP contribution in [0.25, 0.3) is 0 Å². The molecule has 0 bridgehead atoms. The van der Waals surface area contributed by atoms with Gasteiger partial charge in [-0.25, -0.2) is 0 Å². The van der Waals surface area contributed by atoms with Crippen molar-refractivity contribution in [3.63, 3.8) is 0 Å². The maximum Gasteiger partial charge on any atom is 0.306 e. The Balaban J connectivity index is 2.67. The van der Waals surface area contributed by atoms with Gasteiger partial charge < -0.3 is 38.3 Å². The van der Waals surface area contributed by atoms with Gasteiger partial charge in [0.05, 0.1) is 13.2 Å². The van der Waals surface area contributed by atoms with E-state index < -0.39 is 73.3 Å². The molecule has 0 radical (unpaired) electrons. The van der Waals surface area contributed by atoms with Gasteiger partial charge in [-0.05, 0) is 12.8 Å². The molecule has 1 aliphatic heterocycles. The van der Waals surface area contributed by atoms with E-state index in [2.05, 4.69) is 13.8 Å². The summed E-state index contributed by atoms with van der Waals surface area (Å²) in [6, 6.07) is 0. The van der Waals surface area contributed by atoms with Gasteiger partial charge in [0.1, 0.15) is 12.7 Å².